The number of rotatable bonds is 5. The Labute approximate surface area is 90.6 Å². The van der Waals surface area contributed by atoms with E-state index in [2.05, 4.69) is 4.98 Å². The van der Waals surface area contributed by atoms with Crippen molar-refractivity contribution >= 4 is 11.9 Å². The van der Waals surface area contributed by atoms with Crippen molar-refractivity contribution in [2.45, 2.75) is 13.5 Å². The number of imidazole rings is 1. The smallest absolute Gasteiger partial charge is 0.435 e. The molecule has 0 aliphatic rings. The average molecular weight is 229 g/mol. The molecule has 0 bridgehead atoms. The second kappa shape index (κ2) is 5.21. The van der Waals surface area contributed by atoms with Gasteiger partial charge in [-0.3, -0.25) is 0 Å². The first-order chi connectivity index (χ1) is 7.61. The summed E-state index contributed by atoms with van der Waals surface area (Å²) >= 11 is 0. The number of aliphatic hydroxyl groups is 1. The molecule has 0 unspecified atom stereocenters. The minimum absolute atomic E-state index is 0.0393. The van der Waals surface area contributed by atoms with Gasteiger partial charge >= 0.3 is 11.9 Å². The highest BCUT2D eigenvalue weighted by molar-refractivity contribution is 5.87. The summed E-state index contributed by atoms with van der Waals surface area (Å²) in [4.78, 5) is 24.7. The van der Waals surface area contributed by atoms with Crippen molar-refractivity contribution in [3.8, 4) is 0 Å². The Morgan fingerprint density at radius 1 is 1.75 bits per heavy atom. The van der Waals surface area contributed by atoms with Crippen molar-refractivity contribution in [3.63, 3.8) is 0 Å². The molecule has 0 radical (unpaired) electrons. The van der Waals surface area contributed by atoms with Crippen LogP contribution in [0.3, 0.4) is 0 Å². The van der Waals surface area contributed by atoms with E-state index in [0.29, 0.717) is 0 Å². The van der Waals surface area contributed by atoms with Crippen LogP contribution in [0.2, 0.25) is 0 Å². The number of nitro groups is 1. The third-order valence-corrected chi connectivity index (χ3v) is 1.81. The van der Waals surface area contributed by atoms with Gasteiger partial charge in [0.1, 0.15) is 0 Å². The molecule has 1 N–H and O–H groups in total. The van der Waals surface area contributed by atoms with Crippen LogP contribution in [0.25, 0.3) is 0 Å². The molecule has 0 saturated heterocycles. The summed E-state index contributed by atoms with van der Waals surface area (Å²) in [5, 5.41) is 19.3. The lowest BCUT2D eigenvalue weighted by Gasteiger charge is -2.03. The number of aromatic nitrogens is 2. The first-order valence-corrected chi connectivity index (χ1v) is 4.59. The van der Waals surface area contributed by atoms with E-state index in [1.165, 1.54) is 0 Å². The van der Waals surface area contributed by atoms with E-state index >= 15 is 0 Å². The Bertz CT molecular complexity index is 400. The van der Waals surface area contributed by atoms with Gasteiger partial charge in [0.15, 0.2) is 6.20 Å². The van der Waals surface area contributed by atoms with Crippen LogP contribution < -0.4 is 0 Å². The fourth-order valence-corrected chi connectivity index (χ4v) is 1.20. The normalized spacial score (nSPS) is 10.1. The second-order valence-corrected chi connectivity index (χ2v) is 2.80. The van der Waals surface area contributed by atoms with E-state index in [4.69, 9.17) is 9.84 Å². The third-order valence-electron chi connectivity index (χ3n) is 1.81. The van der Waals surface area contributed by atoms with Crippen molar-refractivity contribution in [2.75, 3.05) is 13.2 Å². The van der Waals surface area contributed by atoms with Crippen LogP contribution in [0.1, 0.15) is 17.4 Å². The minimum Gasteiger partial charge on any atom is -0.460 e. The highest BCUT2D eigenvalue weighted by Gasteiger charge is 2.25. The van der Waals surface area contributed by atoms with Gasteiger partial charge in [0.05, 0.1) is 19.8 Å². The largest absolute Gasteiger partial charge is 0.460 e. The first kappa shape index (κ1) is 12.1. The number of hydrogen-bond donors (Lipinski definition) is 1. The number of esters is 1. The quantitative estimate of drug-likeness (QED) is 0.431. The molecule has 8 nitrogen and oxygen atoms in total. The van der Waals surface area contributed by atoms with Crippen LogP contribution in [0.15, 0.2) is 6.20 Å². The van der Waals surface area contributed by atoms with E-state index in [1.54, 1.807) is 6.92 Å². The molecule has 0 atom stereocenters. The average Bonchev–Trinajstić information content (AvgIpc) is 2.62. The molecule has 1 heterocycles. The van der Waals surface area contributed by atoms with E-state index in [-0.39, 0.29) is 25.5 Å². The molecule has 0 amide bonds. The predicted molar refractivity (Wildman–Crippen MR) is 51.9 cm³/mol. The molecule has 0 aromatic carbocycles. The maximum atomic E-state index is 11.4. The highest BCUT2D eigenvalue weighted by atomic mass is 16.6. The molecular weight excluding hydrogens is 218 g/mol. The molecule has 0 spiro atoms. The fraction of sp³-hybridized carbons (Fsp3) is 0.500. The van der Waals surface area contributed by atoms with Crippen LogP contribution in [0, 0.1) is 10.1 Å². The maximum Gasteiger partial charge on any atom is 0.435 e. The molecule has 88 valence electrons. The molecule has 8 heteroatoms. The van der Waals surface area contributed by atoms with Gasteiger partial charge in [-0.15, -0.1) is 0 Å². The summed E-state index contributed by atoms with van der Waals surface area (Å²) in [7, 11) is 0. The number of carbonyl (C=O) groups is 1. The number of hydrogen-bond acceptors (Lipinski definition) is 6. The summed E-state index contributed by atoms with van der Waals surface area (Å²) in [5.41, 5.74) is -0.0393. The first-order valence-electron chi connectivity index (χ1n) is 4.59. The van der Waals surface area contributed by atoms with Gasteiger partial charge in [-0.1, -0.05) is 4.98 Å². The van der Waals surface area contributed by atoms with E-state index < -0.39 is 16.8 Å². The van der Waals surface area contributed by atoms with Gasteiger partial charge in [0, 0.05) is 0 Å². The Kier molecular flexibility index (Phi) is 3.95. The summed E-state index contributed by atoms with van der Waals surface area (Å²) in [5.74, 6) is -1.19. The molecular formula is C8H11N3O5. The summed E-state index contributed by atoms with van der Waals surface area (Å²) < 4.78 is 5.72. The van der Waals surface area contributed by atoms with Crippen molar-refractivity contribution in [1.82, 2.24) is 9.55 Å². The maximum absolute atomic E-state index is 11.4. The van der Waals surface area contributed by atoms with Gasteiger partial charge in [-0.25, -0.2) is 9.36 Å². The lowest BCUT2D eigenvalue weighted by molar-refractivity contribution is -0.396. The van der Waals surface area contributed by atoms with Gasteiger partial charge in [0.2, 0.25) is 5.69 Å². The molecule has 0 aliphatic carbocycles. The second-order valence-electron chi connectivity index (χ2n) is 2.80. The molecule has 0 aliphatic heterocycles. The standard InChI is InChI=1S/C8H11N3O5/c1-2-16-7(13)6-5-9-8(11(14)15)10(6)3-4-12/h5,12H,2-4H2,1H3. The number of nitrogens with zero attached hydrogens (tertiary/aromatic N) is 3. The zero-order valence-electron chi connectivity index (χ0n) is 8.62. The highest BCUT2D eigenvalue weighted by Crippen LogP contribution is 2.13. The molecule has 1 aromatic rings. The van der Waals surface area contributed by atoms with E-state index in [9.17, 15) is 14.9 Å². The monoisotopic (exact) mass is 229 g/mol. The lowest BCUT2D eigenvalue weighted by Crippen LogP contribution is -2.15. The number of aliphatic hydroxyl groups excluding tert-OH is 1. The molecule has 0 saturated carbocycles. The molecule has 16 heavy (non-hydrogen) atoms. The van der Waals surface area contributed by atoms with Crippen molar-refractivity contribution < 1.29 is 19.6 Å². The Morgan fingerprint density at radius 2 is 2.44 bits per heavy atom. The van der Waals surface area contributed by atoms with Gasteiger partial charge in [-0.2, -0.15) is 0 Å². The van der Waals surface area contributed by atoms with Crippen molar-refractivity contribution in [3.05, 3.63) is 22.0 Å². The van der Waals surface area contributed by atoms with Gasteiger partial charge < -0.3 is 20.0 Å². The Morgan fingerprint density at radius 3 is 2.94 bits per heavy atom. The molecule has 1 aromatic heterocycles. The fourth-order valence-electron chi connectivity index (χ4n) is 1.20. The van der Waals surface area contributed by atoms with Crippen LogP contribution in [-0.2, 0) is 11.3 Å². The van der Waals surface area contributed by atoms with Crippen molar-refractivity contribution in [1.29, 1.82) is 0 Å². The van der Waals surface area contributed by atoms with Gasteiger partial charge in [-0.05, 0) is 11.8 Å². The molecule has 0 fully saturated rings. The Hall–Kier alpha value is -1.96. The van der Waals surface area contributed by atoms with Crippen LogP contribution >= 0.6 is 0 Å². The van der Waals surface area contributed by atoms with Crippen LogP contribution in [-0.4, -0.2) is 38.8 Å². The number of carbonyl (C=O) groups excluding carboxylic acids is 1. The zero-order valence-corrected chi connectivity index (χ0v) is 8.62. The topological polar surface area (TPSA) is 107 Å². The summed E-state index contributed by atoms with van der Waals surface area (Å²) in [6, 6.07) is 0. The molecule has 1 rings (SSSR count). The van der Waals surface area contributed by atoms with Crippen LogP contribution in [0.4, 0.5) is 5.95 Å². The lowest BCUT2D eigenvalue weighted by atomic mass is 10.4. The van der Waals surface area contributed by atoms with E-state index in [0.717, 1.165) is 10.8 Å². The SMILES string of the molecule is CCOC(=O)c1cnc([N+](=O)[O-])n1CCO. The predicted octanol–water partition coefficient (Wildman–Crippen LogP) is -0.0397. The van der Waals surface area contributed by atoms with E-state index in [1.807, 2.05) is 0 Å². The minimum atomic E-state index is -0.724. The summed E-state index contributed by atoms with van der Waals surface area (Å²) in [6.07, 6.45) is 1.06. The van der Waals surface area contributed by atoms with Crippen molar-refractivity contribution in [2.24, 2.45) is 0 Å². The Balaban J connectivity index is 3.09. The zero-order chi connectivity index (χ0) is 12.1. The summed E-state index contributed by atoms with van der Waals surface area (Å²) in [6.45, 7) is 1.38. The van der Waals surface area contributed by atoms with Crippen LogP contribution in [0.5, 0.6) is 0 Å². The van der Waals surface area contributed by atoms with Gasteiger partial charge in [0.25, 0.3) is 0 Å². The third kappa shape index (κ3) is 2.34. The number of ether oxygens (including phenoxy) is 1.